The van der Waals surface area contributed by atoms with E-state index in [1.54, 1.807) is 0 Å². The first-order valence-corrected chi connectivity index (χ1v) is 10.3. The minimum absolute atomic E-state index is 0.322. The fourth-order valence-corrected chi connectivity index (χ4v) is 7.62. The lowest BCUT2D eigenvalue weighted by atomic mass is 9.44. The summed E-state index contributed by atoms with van der Waals surface area (Å²) < 4.78 is 12.0. The fourth-order valence-electron chi connectivity index (χ4n) is 7.62. The van der Waals surface area contributed by atoms with E-state index in [2.05, 4.69) is 13.8 Å². The number of Topliss-reactive ketones (excluding diaryl/α,β-unsaturated/α-hetero) is 1. The van der Waals surface area contributed by atoms with Crippen molar-refractivity contribution in [3.63, 3.8) is 0 Å². The second-order valence-corrected chi connectivity index (χ2v) is 10.0. The van der Waals surface area contributed by atoms with Crippen molar-refractivity contribution in [1.82, 2.24) is 0 Å². The van der Waals surface area contributed by atoms with Crippen molar-refractivity contribution >= 4 is 5.78 Å². The average molecular weight is 332 g/mol. The normalized spacial score (nSPS) is 52.8. The molecule has 0 radical (unpaired) electrons. The van der Waals surface area contributed by atoms with Crippen LogP contribution in [0.15, 0.2) is 0 Å². The second-order valence-electron chi connectivity index (χ2n) is 10.0. The fraction of sp³-hybridized carbons (Fsp3) is 0.952. The van der Waals surface area contributed by atoms with Gasteiger partial charge in [-0.05, 0) is 60.7 Å². The Hall–Kier alpha value is -0.410. The van der Waals surface area contributed by atoms with Crippen molar-refractivity contribution in [3.05, 3.63) is 0 Å². The number of ether oxygens (including phenoxy) is 2. The molecule has 5 unspecified atom stereocenters. The summed E-state index contributed by atoms with van der Waals surface area (Å²) in [6.07, 6.45) is 10.5. The number of ketones is 1. The van der Waals surface area contributed by atoms with Crippen molar-refractivity contribution in [1.29, 1.82) is 0 Å². The van der Waals surface area contributed by atoms with Crippen LogP contribution in [0.3, 0.4) is 0 Å². The zero-order chi connectivity index (χ0) is 16.6. The minimum atomic E-state index is -0.353. The number of hydrogen-bond acceptors (Lipinski definition) is 3. The van der Waals surface area contributed by atoms with Crippen LogP contribution < -0.4 is 0 Å². The van der Waals surface area contributed by atoms with E-state index >= 15 is 0 Å². The van der Waals surface area contributed by atoms with Crippen molar-refractivity contribution in [3.8, 4) is 0 Å². The van der Waals surface area contributed by atoms with Gasteiger partial charge >= 0.3 is 0 Å². The van der Waals surface area contributed by atoms with Gasteiger partial charge in [-0.3, -0.25) is 4.79 Å². The van der Waals surface area contributed by atoms with Crippen LogP contribution in [0, 0.1) is 34.5 Å². The minimum Gasteiger partial charge on any atom is -0.348 e. The molecular formula is C21H32O3. The van der Waals surface area contributed by atoms with E-state index in [1.165, 1.54) is 38.5 Å². The maximum absolute atomic E-state index is 13.2. The van der Waals surface area contributed by atoms with Gasteiger partial charge in [-0.25, -0.2) is 0 Å². The maximum atomic E-state index is 13.2. The zero-order valence-corrected chi connectivity index (χ0v) is 15.3. The molecule has 0 N–H and O–H groups in total. The van der Waals surface area contributed by atoms with Gasteiger partial charge in [-0.1, -0.05) is 20.3 Å². The molecule has 0 amide bonds. The van der Waals surface area contributed by atoms with Crippen molar-refractivity contribution in [2.75, 3.05) is 13.2 Å². The summed E-state index contributed by atoms with van der Waals surface area (Å²) in [5.41, 5.74) is 0.774. The third-order valence-corrected chi connectivity index (χ3v) is 9.07. The molecule has 0 aromatic carbocycles. The first-order chi connectivity index (χ1) is 11.5. The lowest BCUT2D eigenvalue weighted by Gasteiger charge is -2.60. The lowest BCUT2D eigenvalue weighted by Crippen LogP contribution is -2.58. The van der Waals surface area contributed by atoms with Gasteiger partial charge in [0.1, 0.15) is 5.78 Å². The summed E-state index contributed by atoms with van der Waals surface area (Å²) >= 11 is 0. The molecule has 0 aromatic rings. The highest BCUT2D eigenvalue weighted by molar-refractivity contribution is 5.83. The van der Waals surface area contributed by atoms with E-state index in [4.69, 9.17) is 9.47 Å². The van der Waals surface area contributed by atoms with E-state index in [9.17, 15) is 4.79 Å². The molecule has 1 aliphatic heterocycles. The SMILES string of the molecule is CC12CCCC1C1C(=O)C[C@H]3CC4(CCC3(C)C1CC2)OCCO4. The summed E-state index contributed by atoms with van der Waals surface area (Å²) in [6.45, 7) is 6.42. The lowest BCUT2D eigenvalue weighted by molar-refractivity contribution is -0.226. The second kappa shape index (κ2) is 5.07. The monoisotopic (exact) mass is 332 g/mol. The van der Waals surface area contributed by atoms with Gasteiger partial charge in [0.2, 0.25) is 0 Å². The van der Waals surface area contributed by atoms with E-state index in [0.717, 1.165) is 32.5 Å². The quantitative estimate of drug-likeness (QED) is 0.662. The van der Waals surface area contributed by atoms with Crippen LogP contribution in [0.1, 0.15) is 71.6 Å². The number of rotatable bonds is 0. The Morgan fingerprint density at radius 3 is 2.54 bits per heavy atom. The van der Waals surface area contributed by atoms with Gasteiger partial charge in [0.05, 0.1) is 13.2 Å². The average Bonchev–Trinajstić information content (AvgIpc) is 3.16. The Kier molecular flexibility index (Phi) is 3.34. The smallest absolute Gasteiger partial charge is 0.168 e. The van der Waals surface area contributed by atoms with Gasteiger partial charge < -0.3 is 9.47 Å². The molecule has 24 heavy (non-hydrogen) atoms. The highest BCUT2D eigenvalue weighted by Gasteiger charge is 2.62. The van der Waals surface area contributed by atoms with Gasteiger partial charge in [0.15, 0.2) is 5.79 Å². The number of carbonyl (C=O) groups excluding carboxylic acids is 1. The van der Waals surface area contributed by atoms with Crippen LogP contribution in [0.4, 0.5) is 0 Å². The Balaban J connectivity index is 1.46. The zero-order valence-electron chi connectivity index (χ0n) is 15.3. The molecule has 1 heterocycles. The standard InChI is InChI=1S/C21H32O3/c1-19-6-3-4-15(19)18-16(5-7-19)20(2)8-9-21(23-10-11-24-21)13-14(20)12-17(18)22/h14-16,18H,3-13H2,1-2H3/t14-,15?,16?,18?,19?,20?/m0/s1. The Bertz CT molecular complexity index is 551. The molecule has 134 valence electrons. The van der Waals surface area contributed by atoms with Crippen molar-refractivity contribution in [2.45, 2.75) is 77.4 Å². The van der Waals surface area contributed by atoms with Gasteiger partial charge in [0.25, 0.3) is 0 Å². The molecule has 3 heteroatoms. The number of carbonyl (C=O) groups is 1. The molecule has 1 saturated heterocycles. The molecule has 5 rings (SSSR count). The molecule has 0 aromatic heterocycles. The highest BCUT2D eigenvalue weighted by atomic mass is 16.7. The first-order valence-electron chi connectivity index (χ1n) is 10.3. The van der Waals surface area contributed by atoms with Gasteiger partial charge in [-0.15, -0.1) is 0 Å². The van der Waals surface area contributed by atoms with Crippen molar-refractivity contribution in [2.24, 2.45) is 34.5 Å². The Morgan fingerprint density at radius 1 is 0.958 bits per heavy atom. The van der Waals surface area contributed by atoms with E-state index in [0.29, 0.717) is 40.3 Å². The van der Waals surface area contributed by atoms with Crippen LogP contribution in [0.5, 0.6) is 0 Å². The van der Waals surface area contributed by atoms with E-state index < -0.39 is 0 Å². The van der Waals surface area contributed by atoms with Crippen LogP contribution >= 0.6 is 0 Å². The summed E-state index contributed by atoms with van der Waals surface area (Å²) in [6, 6.07) is 0. The Labute approximate surface area is 145 Å². The predicted octanol–water partition coefficient (Wildman–Crippen LogP) is 4.34. The molecular weight excluding hydrogens is 300 g/mol. The van der Waals surface area contributed by atoms with Crippen LogP contribution in [0.2, 0.25) is 0 Å². The van der Waals surface area contributed by atoms with Crippen LogP contribution in [0.25, 0.3) is 0 Å². The summed E-state index contributed by atoms with van der Waals surface area (Å²) in [7, 11) is 0. The number of fused-ring (bicyclic) bond motifs is 5. The molecule has 3 nitrogen and oxygen atoms in total. The molecule has 4 aliphatic carbocycles. The molecule has 5 aliphatic rings. The topological polar surface area (TPSA) is 35.5 Å². The summed E-state index contributed by atoms with van der Waals surface area (Å²) in [4.78, 5) is 13.2. The third-order valence-electron chi connectivity index (χ3n) is 9.07. The summed E-state index contributed by atoms with van der Waals surface area (Å²) in [5.74, 6) is 2.31. The van der Waals surface area contributed by atoms with E-state index in [-0.39, 0.29) is 5.79 Å². The van der Waals surface area contributed by atoms with E-state index in [1.807, 2.05) is 0 Å². The first kappa shape index (κ1) is 15.8. The molecule has 1 spiro atoms. The van der Waals surface area contributed by atoms with Crippen molar-refractivity contribution < 1.29 is 14.3 Å². The largest absolute Gasteiger partial charge is 0.348 e. The predicted molar refractivity (Wildman–Crippen MR) is 91.4 cm³/mol. The molecule has 4 saturated carbocycles. The molecule has 6 atom stereocenters. The molecule has 0 bridgehead atoms. The highest BCUT2D eigenvalue weighted by Crippen LogP contribution is 2.66. The number of hydrogen-bond donors (Lipinski definition) is 0. The maximum Gasteiger partial charge on any atom is 0.168 e. The third kappa shape index (κ3) is 2.00. The van der Waals surface area contributed by atoms with Gasteiger partial charge in [0, 0.05) is 25.2 Å². The van der Waals surface area contributed by atoms with Crippen LogP contribution in [-0.2, 0) is 14.3 Å². The van der Waals surface area contributed by atoms with Crippen LogP contribution in [-0.4, -0.2) is 24.8 Å². The van der Waals surface area contributed by atoms with Gasteiger partial charge in [-0.2, -0.15) is 0 Å². The Morgan fingerprint density at radius 2 is 1.75 bits per heavy atom. The molecule has 5 fully saturated rings. The summed E-state index contributed by atoms with van der Waals surface area (Å²) in [5, 5.41) is 0.